The van der Waals surface area contributed by atoms with Gasteiger partial charge in [-0.2, -0.15) is 13.2 Å². The smallest absolute Gasteiger partial charge is 0.471 e. The number of halogens is 3. The maximum atomic E-state index is 13.1. The highest BCUT2D eigenvalue weighted by molar-refractivity contribution is 6.01. The van der Waals surface area contributed by atoms with E-state index in [-0.39, 0.29) is 29.1 Å². The van der Waals surface area contributed by atoms with Gasteiger partial charge in [0, 0.05) is 23.6 Å². The molecule has 3 rings (SSSR count). The molecular formula is C20H16F3NO4. The van der Waals surface area contributed by atoms with E-state index in [1.165, 1.54) is 38.3 Å². The fourth-order valence-corrected chi connectivity index (χ4v) is 2.92. The minimum Gasteiger partial charge on any atom is -0.497 e. The fourth-order valence-electron chi connectivity index (χ4n) is 2.92. The van der Waals surface area contributed by atoms with Crippen LogP contribution >= 0.6 is 0 Å². The van der Waals surface area contributed by atoms with E-state index < -0.39 is 17.7 Å². The van der Waals surface area contributed by atoms with Crippen LogP contribution in [0.15, 0.2) is 57.7 Å². The van der Waals surface area contributed by atoms with Crippen molar-refractivity contribution in [2.45, 2.75) is 13.1 Å². The van der Waals surface area contributed by atoms with Crippen LogP contribution in [0.25, 0.3) is 22.1 Å². The molecule has 0 fully saturated rings. The standard InChI is InChI=1S/C20H16F3NO4/c1-3-24(19(26)20(21,22)23)16-11-13(27-2)8-9-14(16)15-10-12-6-4-5-7-17(12)28-18(15)25/h4-11H,3H2,1-2H3. The summed E-state index contributed by atoms with van der Waals surface area (Å²) in [6, 6.07) is 12.5. The first-order chi connectivity index (χ1) is 13.3. The van der Waals surface area contributed by atoms with E-state index in [4.69, 9.17) is 9.15 Å². The van der Waals surface area contributed by atoms with Crippen LogP contribution in [0.3, 0.4) is 0 Å². The number of amides is 1. The second-order valence-corrected chi connectivity index (χ2v) is 5.92. The zero-order valence-corrected chi connectivity index (χ0v) is 15.0. The molecule has 0 spiro atoms. The molecule has 1 amide bonds. The third kappa shape index (κ3) is 3.58. The summed E-state index contributed by atoms with van der Waals surface area (Å²) in [7, 11) is 1.35. The minimum absolute atomic E-state index is 0.0461. The number of alkyl halides is 3. The van der Waals surface area contributed by atoms with Crippen LogP contribution in [0.5, 0.6) is 5.75 Å². The van der Waals surface area contributed by atoms with Crippen molar-refractivity contribution < 1.29 is 27.1 Å². The Kier molecular flexibility index (Phi) is 5.13. The first kappa shape index (κ1) is 19.5. The lowest BCUT2D eigenvalue weighted by atomic mass is 10.0. The Morgan fingerprint density at radius 3 is 2.46 bits per heavy atom. The minimum atomic E-state index is -5.07. The Morgan fingerprint density at radius 2 is 1.82 bits per heavy atom. The van der Waals surface area contributed by atoms with E-state index in [0.29, 0.717) is 15.9 Å². The summed E-state index contributed by atoms with van der Waals surface area (Å²) < 4.78 is 49.6. The summed E-state index contributed by atoms with van der Waals surface area (Å²) in [6.45, 7) is 1.16. The molecule has 0 saturated heterocycles. The summed E-state index contributed by atoms with van der Waals surface area (Å²) in [4.78, 5) is 25.0. The molecule has 0 N–H and O–H groups in total. The average molecular weight is 391 g/mol. The average Bonchev–Trinajstić information content (AvgIpc) is 2.67. The summed E-state index contributed by atoms with van der Waals surface area (Å²) in [6.07, 6.45) is -5.07. The second kappa shape index (κ2) is 7.38. The van der Waals surface area contributed by atoms with Crippen LogP contribution in [-0.2, 0) is 4.79 Å². The summed E-state index contributed by atoms with van der Waals surface area (Å²) in [5.74, 6) is -1.79. The predicted octanol–water partition coefficient (Wildman–Crippen LogP) is 4.38. The van der Waals surface area contributed by atoms with Crippen LogP contribution in [0.1, 0.15) is 6.92 Å². The van der Waals surface area contributed by atoms with Crippen LogP contribution in [0.2, 0.25) is 0 Å². The number of carbonyl (C=O) groups is 1. The van der Waals surface area contributed by atoms with Gasteiger partial charge in [0.15, 0.2) is 0 Å². The number of benzene rings is 2. The molecule has 28 heavy (non-hydrogen) atoms. The Hall–Kier alpha value is -3.29. The number of hydrogen-bond acceptors (Lipinski definition) is 4. The molecule has 0 bridgehead atoms. The summed E-state index contributed by atoms with van der Waals surface area (Å²) >= 11 is 0. The Morgan fingerprint density at radius 1 is 1.11 bits per heavy atom. The van der Waals surface area contributed by atoms with Crippen molar-refractivity contribution >= 4 is 22.6 Å². The molecule has 0 radical (unpaired) electrons. The number of ether oxygens (including phenoxy) is 1. The van der Waals surface area contributed by atoms with Gasteiger partial charge >= 0.3 is 17.7 Å². The number of nitrogens with zero attached hydrogens (tertiary/aromatic N) is 1. The summed E-state index contributed by atoms with van der Waals surface area (Å²) in [5.41, 5.74) is -0.276. The normalized spacial score (nSPS) is 11.5. The monoisotopic (exact) mass is 391 g/mol. The fraction of sp³-hybridized carbons (Fsp3) is 0.200. The molecular weight excluding hydrogens is 375 g/mol. The first-order valence-corrected chi connectivity index (χ1v) is 8.36. The van der Waals surface area contributed by atoms with Gasteiger partial charge in [-0.3, -0.25) is 4.79 Å². The highest BCUT2D eigenvalue weighted by Crippen LogP contribution is 2.35. The molecule has 8 heteroatoms. The van der Waals surface area contributed by atoms with Gasteiger partial charge in [0.2, 0.25) is 0 Å². The van der Waals surface area contributed by atoms with Gasteiger partial charge in [-0.25, -0.2) is 4.79 Å². The Balaban J connectivity index is 2.26. The third-order valence-corrected chi connectivity index (χ3v) is 4.23. The molecule has 0 aliphatic heterocycles. The van der Waals surface area contributed by atoms with Crippen molar-refractivity contribution in [2.75, 3.05) is 18.6 Å². The largest absolute Gasteiger partial charge is 0.497 e. The second-order valence-electron chi connectivity index (χ2n) is 5.92. The van der Waals surface area contributed by atoms with Crippen molar-refractivity contribution in [1.29, 1.82) is 0 Å². The van der Waals surface area contributed by atoms with E-state index in [0.717, 1.165) is 0 Å². The molecule has 0 aliphatic rings. The number of fused-ring (bicyclic) bond motifs is 1. The number of hydrogen-bond donors (Lipinski definition) is 0. The van der Waals surface area contributed by atoms with Crippen molar-refractivity contribution in [2.24, 2.45) is 0 Å². The van der Waals surface area contributed by atoms with Gasteiger partial charge in [-0.15, -0.1) is 0 Å². The summed E-state index contributed by atoms with van der Waals surface area (Å²) in [5, 5.41) is 0.601. The van der Waals surface area contributed by atoms with E-state index in [1.54, 1.807) is 24.3 Å². The Bertz CT molecular complexity index is 1090. The molecule has 0 unspecified atom stereocenters. The van der Waals surface area contributed by atoms with Gasteiger partial charge in [0.1, 0.15) is 11.3 Å². The predicted molar refractivity (Wildman–Crippen MR) is 98.6 cm³/mol. The number of para-hydroxylation sites is 1. The van der Waals surface area contributed by atoms with Crippen LogP contribution in [0.4, 0.5) is 18.9 Å². The van der Waals surface area contributed by atoms with E-state index >= 15 is 0 Å². The van der Waals surface area contributed by atoms with Gasteiger partial charge in [-0.05, 0) is 31.2 Å². The van der Waals surface area contributed by atoms with Crippen molar-refractivity contribution in [1.82, 2.24) is 0 Å². The van der Waals surface area contributed by atoms with Crippen LogP contribution in [0, 0.1) is 0 Å². The van der Waals surface area contributed by atoms with Crippen molar-refractivity contribution in [3.63, 3.8) is 0 Å². The highest BCUT2D eigenvalue weighted by Gasteiger charge is 2.43. The molecule has 0 aliphatic carbocycles. The van der Waals surface area contributed by atoms with Gasteiger partial charge in [0.25, 0.3) is 0 Å². The maximum Gasteiger partial charge on any atom is 0.471 e. The highest BCUT2D eigenvalue weighted by atomic mass is 19.4. The van der Waals surface area contributed by atoms with Gasteiger partial charge in [-0.1, -0.05) is 18.2 Å². The van der Waals surface area contributed by atoms with E-state index in [9.17, 15) is 22.8 Å². The molecule has 1 heterocycles. The lowest BCUT2D eigenvalue weighted by Gasteiger charge is -2.25. The SMILES string of the molecule is CCN(C(=O)C(F)(F)F)c1cc(OC)ccc1-c1cc2ccccc2oc1=O. The van der Waals surface area contributed by atoms with Crippen molar-refractivity contribution in [3.8, 4) is 16.9 Å². The number of rotatable bonds is 4. The maximum absolute atomic E-state index is 13.1. The lowest BCUT2D eigenvalue weighted by Crippen LogP contribution is -2.41. The number of methoxy groups -OCH3 is 1. The lowest BCUT2D eigenvalue weighted by molar-refractivity contribution is -0.170. The number of anilines is 1. The molecule has 0 saturated carbocycles. The van der Waals surface area contributed by atoms with Gasteiger partial charge in [0.05, 0.1) is 18.4 Å². The van der Waals surface area contributed by atoms with E-state index in [1.807, 2.05) is 0 Å². The zero-order valence-electron chi connectivity index (χ0n) is 15.0. The molecule has 2 aromatic carbocycles. The van der Waals surface area contributed by atoms with Crippen LogP contribution in [-0.4, -0.2) is 25.7 Å². The van der Waals surface area contributed by atoms with Crippen LogP contribution < -0.4 is 15.3 Å². The quantitative estimate of drug-likeness (QED) is 0.619. The van der Waals surface area contributed by atoms with Crippen molar-refractivity contribution in [3.05, 3.63) is 59.0 Å². The molecule has 0 atom stereocenters. The first-order valence-electron chi connectivity index (χ1n) is 8.36. The topological polar surface area (TPSA) is 59.8 Å². The molecule has 5 nitrogen and oxygen atoms in total. The molecule has 3 aromatic rings. The third-order valence-electron chi connectivity index (χ3n) is 4.23. The molecule has 146 valence electrons. The zero-order chi connectivity index (χ0) is 20.5. The van der Waals surface area contributed by atoms with Gasteiger partial charge < -0.3 is 14.1 Å². The number of carbonyl (C=O) groups excluding carboxylic acids is 1. The van der Waals surface area contributed by atoms with E-state index in [2.05, 4.69) is 0 Å². The molecule has 1 aromatic heterocycles. The Labute approximate surface area is 157 Å².